The average molecular weight is 185 g/mol. The largest absolute Gasteiger partial charge is 0.396 e. The monoisotopic (exact) mass is 185 g/mol. The third-order valence-corrected chi connectivity index (χ3v) is 3.49. The zero-order valence-corrected chi connectivity index (χ0v) is 8.71. The molecule has 1 aliphatic rings. The summed E-state index contributed by atoms with van der Waals surface area (Å²) in [5, 5.41) is 8.99. The van der Waals surface area contributed by atoms with E-state index in [-0.39, 0.29) is 0 Å². The number of hydrogen-bond acceptors (Lipinski definition) is 2. The maximum Gasteiger partial charge on any atom is 0.0434 e. The minimum absolute atomic E-state index is 0.300. The lowest BCUT2D eigenvalue weighted by molar-refractivity contribution is 0.194. The number of rotatable bonds is 5. The molecule has 0 aromatic carbocycles. The van der Waals surface area contributed by atoms with E-state index in [1.165, 1.54) is 25.7 Å². The van der Waals surface area contributed by atoms with Crippen LogP contribution in [-0.4, -0.2) is 17.8 Å². The van der Waals surface area contributed by atoms with Crippen LogP contribution in [0, 0.1) is 11.8 Å². The normalized spacial score (nSPS) is 23.3. The Labute approximate surface area is 81.5 Å². The van der Waals surface area contributed by atoms with Gasteiger partial charge in [0.1, 0.15) is 0 Å². The Bertz CT molecular complexity index is 132. The molecule has 2 atom stereocenters. The van der Waals surface area contributed by atoms with Crippen molar-refractivity contribution in [2.24, 2.45) is 17.6 Å². The summed E-state index contributed by atoms with van der Waals surface area (Å²) >= 11 is 0. The highest BCUT2D eigenvalue weighted by Gasteiger charge is 2.28. The van der Waals surface area contributed by atoms with Gasteiger partial charge in [-0.25, -0.2) is 0 Å². The van der Waals surface area contributed by atoms with Crippen LogP contribution in [0.4, 0.5) is 0 Å². The standard InChI is InChI=1S/C11H23NO/c1-2-11(12)10(7-8-13)9-5-3-4-6-9/h9-11,13H,2-8,12H2,1H3. The molecule has 13 heavy (non-hydrogen) atoms. The van der Waals surface area contributed by atoms with Crippen LogP contribution in [0.1, 0.15) is 45.4 Å². The van der Waals surface area contributed by atoms with Crippen LogP contribution in [-0.2, 0) is 0 Å². The third-order valence-electron chi connectivity index (χ3n) is 3.49. The number of aliphatic hydroxyl groups excluding tert-OH is 1. The molecule has 0 spiro atoms. The van der Waals surface area contributed by atoms with Crippen molar-refractivity contribution in [2.75, 3.05) is 6.61 Å². The molecule has 0 heterocycles. The smallest absolute Gasteiger partial charge is 0.0434 e. The van der Waals surface area contributed by atoms with Crippen LogP contribution in [0.3, 0.4) is 0 Å². The molecule has 0 radical (unpaired) electrons. The second kappa shape index (κ2) is 5.61. The second-order valence-electron chi connectivity index (χ2n) is 4.29. The lowest BCUT2D eigenvalue weighted by Gasteiger charge is -2.27. The van der Waals surface area contributed by atoms with Crippen LogP contribution in [0.25, 0.3) is 0 Å². The summed E-state index contributed by atoms with van der Waals surface area (Å²) in [7, 11) is 0. The Morgan fingerprint density at radius 1 is 1.38 bits per heavy atom. The van der Waals surface area contributed by atoms with Gasteiger partial charge in [0.15, 0.2) is 0 Å². The maximum absolute atomic E-state index is 8.99. The Hall–Kier alpha value is -0.0800. The van der Waals surface area contributed by atoms with Crippen LogP contribution >= 0.6 is 0 Å². The van der Waals surface area contributed by atoms with Crippen LogP contribution < -0.4 is 5.73 Å². The molecule has 1 fully saturated rings. The van der Waals surface area contributed by atoms with E-state index in [4.69, 9.17) is 10.8 Å². The van der Waals surface area contributed by atoms with Gasteiger partial charge in [-0.1, -0.05) is 32.6 Å². The fourth-order valence-electron chi connectivity index (χ4n) is 2.64. The fraction of sp³-hybridized carbons (Fsp3) is 1.00. The lowest BCUT2D eigenvalue weighted by atomic mass is 9.82. The Balaban J connectivity index is 2.44. The molecule has 1 saturated carbocycles. The first-order chi connectivity index (χ1) is 6.29. The molecule has 1 rings (SSSR count). The zero-order chi connectivity index (χ0) is 9.68. The minimum atomic E-state index is 0.300. The van der Waals surface area contributed by atoms with E-state index >= 15 is 0 Å². The van der Waals surface area contributed by atoms with E-state index in [2.05, 4.69) is 6.92 Å². The molecular formula is C11H23NO. The first-order valence-electron chi connectivity index (χ1n) is 5.66. The summed E-state index contributed by atoms with van der Waals surface area (Å²) in [5.41, 5.74) is 6.07. The van der Waals surface area contributed by atoms with E-state index in [1.54, 1.807) is 0 Å². The van der Waals surface area contributed by atoms with Crippen LogP contribution in [0.5, 0.6) is 0 Å². The Morgan fingerprint density at radius 3 is 2.46 bits per heavy atom. The van der Waals surface area contributed by atoms with Crippen molar-refractivity contribution >= 4 is 0 Å². The molecule has 3 N–H and O–H groups in total. The summed E-state index contributed by atoms with van der Waals surface area (Å²) in [6.07, 6.45) is 7.34. The minimum Gasteiger partial charge on any atom is -0.396 e. The number of aliphatic hydroxyl groups is 1. The van der Waals surface area contributed by atoms with E-state index in [1.807, 2.05) is 0 Å². The van der Waals surface area contributed by atoms with E-state index < -0.39 is 0 Å². The second-order valence-corrected chi connectivity index (χ2v) is 4.29. The first-order valence-corrected chi connectivity index (χ1v) is 5.66. The molecule has 2 unspecified atom stereocenters. The van der Waals surface area contributed by atoms with Crippen molar-refractivity contribution in [3.63, 3.8) is 0 Å². The molecule has 0 aliphatic heterocycles. The van der Waals surface area contributed by atoms with E-state index in [0.717, 1.165) is 18.8 Å². The van der Waals surface area contributed by atoms with Gasteiger partial charge in [-0.2, -0.15) is 0 Å². The zero-order valence-electron chi connectivity index (χ0n) is 8.71. The van der Waals surface area contributed by atoms with Gasteiger partial charge in [-0.05, 0) is 24.7 Å². The van der Waals surface area contributed by atoms with Crippen molar-refractivity contribution < 1.29 is 5.11 Å². The van der Waals surface area contributed by atoms with Gasteiger partial charge in [0.2, 0.25) is 0 Å². The number of hydrogen-bond donors (Lipinski definition) is 2. The van der Waals surface area contributed by atoms with Crippen molar-refractivity contribution in [1.82, 2.24) is 0 Å². The van der Waals surface area contributed by atoms with Gasteiger partial charge >= 0.3 is 0 Å². The third kappa shape index (κ3) is 2.96. The van der Waals surface area contributed by atoms with E-state index in [0.29, 0.717) is 18.6 Å². The molecule has 2 heteroatoms. The van der Waals surface area contributed by atoms with Gasteiger partial charge in [0, 0.05) is 12.6 Å². The Morgan fingerprint density at radius 2 is 2.00 bits per heavy atom. The predicted octanol–water partition coefficient (Wildman–Crippen LogP) is 1.91. The quantitative estimate of drug-likeness (QED) is 0.687. The number of nitrogens with two attached hydrogens (primary N) is 1. The molecule has 2 nitrogen and oxygen atoms in total. The van der Waals surface area contributed by atoms with Crippen molar-refractivity contribution in [2.45, 2.75) is 51.5 Å². The molecule has 0 aromatic rings. The Kier molecular flexibility index (Phi) is 4.74. The van der Waals surface area contributed by atoms with Crippen molar-refractivity contribution in [3.05, 3.63) is 0 Å². The predicted molar refractivity (Wildman–Crippen MR) is 55.4 cm³/mol. The average Bonchev–Trinajstić information content (AvgIpc) is 2.65. The van der Waals surface area contributed by atoms with Gasteiger partial charge in [0.25, 0.3) is 0 Å². The first kappa shape index (κ1) is 11.0. The molecule has 0 saturated heterocycles. The summed E-state index contributed by atoms with van der Waals surface area (Å²) < 4.78 is 0. The molecule has 78 valence electrons. The maximum atomic E-state index is 8.99. The summed E-state index contributed by atoms with van der Waals surface area (Å²) in [4.78, 5) is 0. The van der Waals surface area contributed by atoms with Gasteiger partial charge in [-0.3, -0.25) is 0 Å². The molecule has 1 aliphatic carbocycles. The molecule has 0 amide bonds. The molecule has 0 aromatic heterocycles. The molecule has 0 bridgehead atoms. The SMILES string of the molecule is CCC(N)C(CCO)C1CCCC1. The molecular weight excluding hydrogens is 162 g/mol. The highest BCUT2D eigenvalue weighted by atomic mass is 16.3. The van der Waals surface area contributed by atoms with Gasteiger partial charge < -0.3 is 10.8 Å². The van der Waals surface area contributed by atoms with Crippen molar-refractivity contribution in [3.8, 4) is 0 Å². The highest BCUT2D eigenvalue weighted by Crippen LogP contribution is 2.34. The van der Waals surface area contributed by atoms with Gasteiger partial charge in [0.05, 0.1) is 0 Å². The summed E-state index contributed by atoms with van der Waals surface area (Å²) in [6, 6.07) is 0.301. The van der Waals surface area contributed by atoms with Gasteiger partial charge in [-0.15, -0.1) is 0 Å². The summed E-state index contributed by atoms with van der Waals surface area (Å²) in [6.45, 7) is 2.44. The van der Waals surface area contributed by atoms with Crippen LogP contribution in [0.15, 0.2) is 0 Å². The van der Waals surface area contributed by atoms with Crippen molar-refractivity contribution in [1.29, 1.82) is 0 Å². The fourth-order valence-corrected chi connectivity index (χ4v) is 2.64. The van der Waals surface area contributed by atoms with E-state index in [9.17, 15) is 0 Å². The topological polar surface area (TPSA) is 46.2 Å². The summed E-state index contributed by atoms with van der Waals surface area (Å²) in [5.74, 6) is 1.36. The highest BCUT2D eigenvalue weighted by molar-refractivity contribution is 4.81. The van der Waals surface area contributed by atoms with Crippen LogP contribution in [0.2, 0.25) is 0 Å². The lowest BCUT2D eigenvalue weighted by Crippen LogP contribution is -2.34.